The Balaban J connectivity index is 1.83. The zero-order valence-corrected chi connectivity index (χ0v) is 11.7. The van der Waals surface area contributed by atoms with Gasteiger partial charge in [-0.25, -0.2) is 0 Å². The standard InChI is InChI=1S/C16H22O2/c1-15(2)5-9-13-10(6-15)18-12-8-16(3,4)7-11(17-9)14(12)13/h5,7,10,12-14H,6,8H2,1-4H3. The van der Waals surface area contributed by atoms with Crippen molar-refractivity contribution in [3.05, 3.63) is 23.7 Å². The van der Waals surface area contributed by atoms with Crippen LogP contribution in [0.15, 0.2) is 23.7 Å². The highest BCUT2D eigenvalue weighted by Crippen LogP contribution is 2.59. The molecule has 2 aliphatic carbocycles. The van der Waals surface area contributed by atoms with Gasteiger partial charge in [0.1, 0.15) is 11.5 Å². The summed E-state index contributed by atoms with van der Waals surface area (Å²) in [6, 6.07) is 0. The van der Waals surface area contributed by atoms with Crippen LogP contribution >= 0.6 is 0 Å². The second-order valence-corrected chi connectivity index (χ2v) is 7.85. The molecule has 4 atom stereocenters. The van der Waals surface area contributed by atoms with Crippen LogP contribution in [0.5, 0.6) is 0 Å². The molecule has 0 radical (unpaired) electrons. The molecule has 18 heavy (non-hydrogen) atoms. The van der Waals surface area contributed by atoms with E-state index in [-0.39, 0.29) is 10.8 Å². The molecule has 0 bridgehead atoms. The Bertz CT molecular complexity index is 427. The first-order valence-electron chi connectivity index (χ1n) is 7.14. The Morgan fingerprint density at radius 1 is 0.889 bits per heavy atom. The molecule has 2 heterocycles. The number of ether oxygens (including phenoxy) is 2. The van der Waals surface area contributed by atoms with Crippen LogP contribution in [-0.4, -0.2) is 12.2 Å². The quantitative estimate of drug-likeness (QED) is 0.649. The summed E-state index contributed by atoms with van der Waals surface area (Å²) in [5.74, 6) is 3.39. The SMILES string of the molecule is CC1(C)C=C2OC3=CC(C)(C)CC4OC(C1)C2C34. The van der Waals surface area contributed by atoms with Crippen LogP contribution in [-0.2, 0) is 9.47 Å². The molecule has 0 aromatic carbocycles. The van der Waals surface area contributed by atoms with Crippen LogP contribution in [0, 0.1) is 22.7 Å². The predicted molar refractivity (Wildman–Crippen MR) is 69.7 cm³/mol. The van der Waals surface area contributed by atoms with Crippen LogP contribution in [0.4, 0.5) is 0 Å². The average Bonchev–Trinajstić information content (AvgIpc) is 2.66. The van der Waals surface area contributed by atoms with E-state index >= 15 is 0 Å². The molecule has 98 valence electrons. The van der Waals surface area contributed by atoms with Crippen molar-refractivity contribution >= 4 is 0 Å². The lowest BCUT2D eigenvalue weighted by Crippen LogP contribution is -2.30. The minimum atomic E-state index is 0.208. The van der Waals surface area contributed by atoms with Crippen LogP contribution in [0.1, 0.15) is 40.5 Å². The van der Waals surface area contributed by atoms with Gasteiger partial charge in [-0.2, -0.15) is 0 Å². The highest BCUT2D eigenvalue weighted by molar-refractivity contribution is 5.32. The maximum Gasteiger partial charge on any atom is 0.107 e. The molecule has 4 rings (SSSR count). The van der Waals surface area contributed by atoms with Crippen molar-refractivity contribution in [3.63, 3.8) is 0 Å². The van der Waals surface area contributed by atoms with Crippen LogP contribution in [0.2, 0.25) is 0 Å². The van der Waals surface area contributed by atoms with E-state index in [1.54, 1.807) is 0 Å². The second kappa shape index (κ2) is 3.04. The fourth-order valence-corrected chi connectivity index (χ4v) is 4.38. The minimum absolute atomic E-state index is 0.208. The minimum Gasteiger partial charge on any atom is -0.466 e. The van der Waals surface area contributed by atoms with Gasteiger partial charge in [0.2, 0.25) is 0 Å². The van der Waals surface area contributed by atoms with E-state index in [1.165, 1.54) is 11.5 Å². The van der Waals surface area contributed by atoms with Gasteiger partial charge in [-0.3, -0.25) is 0 Å². The summed E-state index contributed by atoms with van der Waals surface area (Å²) in [5, 5.41) is 0. The number of rotatable bonds is 0. The summed E-state index contributed by atoms with van der Waals surface area (Å²) in [6.07, 6.45) is 7.68. The molecule has 4 unspecified atom stereocenters. The van der Waals surface area contributed by atoms with Crippen molar-refractivity contribution in [3.8, 4) is 0 Å². The molecule has 2 saturated heterocycles. The molecule has 0 saturated carbocycles. The Labute approximate surface area is 109 Å². The zero-order chi connectivity index (χ0) is 12.7. The Kier molecular flexibility index (Phi) is 1.87. The molecule has 0 aromatic rings. The van der Waals surface area contributed by atoms with Gasteiger partial charge in [-0.1, -0.05) is 27.7 Å². The third kappa shape index (κ3) is 1.38. The summed E-state index contributed by atoms with van der Waals surface area (Å²) in [5.41, 5.74) is 0.417. The lowest BCUT2D eigenvalue weighted by molar-refractivity contribution is -0.0226. The lowest BCUT2D eigenvalue weighted by atomic mass is 9.69. The summed E-state index contributed by atoms with van der Waals surface area (Å²) in [4.78, 5) is 0. The topological polar surface area (TPSA) is 18.5 Å². The summed E-state index contributed by atoms with van der Waals surface area (Å²) < 4.78 is 12.6. The van der Waals surface area contributed by atoms with Crippen LogP contribution < -0.4 is 0 Å². The molecular weight excluding hydrogens is 224 g/mol. The van der Waals surface area contributed by atoms with E-state index < -0.39 is 0 Å². The van der Waals surface area contributed by atoms with Crippen molar-refractivity contribution in [1.82, 2.24) is 0 Å². The largest absolute Gasteiger partial charge is 0.466 e. The summed E-state index contributed by atoms with van der Waals surface area (Å²) >= 11 is 0. The van der Waals surface area contributed by atoms with Crippen molar-refractivity contribution in [2.45, 2.75) is 52.7 Å². The third-order valence-electron chi connectivity index (χ3n) is 4.95. The monoisotopic (exact) mass is 246 g/mol. The molecule has 0 amide bonds. The third-order valence-corrected chi connectivity index (χ3v) is 4.95. The Morgan fingerprint density at radius 3 is 1.78 bits per heavy atom. The van der Waals surface area contributed by atoms with E-state index in [2.05, 4.69) is 39.8 Å². The van der Waals surface area contributed by atoms with Crippen LogP contribution in [0.25, 0.3) is 0 Å². The number of allylic oxidation sites excluding steroid dienone is 2. The van der Waals surface area contributed by atoms with Crippen molar-refractivity contribution < 1.29 is 9.47 Å². The first kappa shape index (κ1) is 11.1. The van der Waals surface area contributed by atoms with Gasteiger partial charge in [-0.05, 0) is 35.8 Å². The second-order valence-electron chi connectivity index (χ2n) is 7.85. The zero-order valence-electron chi connectivity index (χ0n) is 11.7. The molecule has 4 aliphatic rings. The molecule has 2 heteroatoms. The molecule has 2 aliphatic heterocycles. The van der Waals surface area contributed by atoms with Gasteiger partial charge in [0.25, 0.3) is 0 Å². The van der Waals surface area contributed by atoms with E-state index in [1.807, 2.05) is 0 Å². The average molecular weight is 246 g/mol. The molecule has 0 aromatic heterocycles. The predicted octanol–water partition coefficient (Wildman–Crippen LogP) is 3.64. The highest BCUT2D eigenvalue weighted by atomic mass is 16.5. The normalized spacial score (nSPS) is 46.0. The smallest absolute Gasteiger partial charge is 0.107 e. The first-order valence-corrected chi connectivity index (χ1v) is 7.14. The van der Waals surface area contributed by atoms with Crippen molar-refractivity contribution in [1.29, 1.82) is 0 Å². The van der Waals surface area contributed by atoms with Crippen molar-refractivity contribution in [2.75, 3.05) is 0 Å². The lowest BCUT2D eigenvalue weighted by Gasteiger charge is -2.34. The van der Waals surface area contributed by atoms with E-state index in [0.717, 1.165) is 12.8 Å². The van der Waals surface area contributed by atoms with Crippen LogP contribution in [0.3, 0.4) is 0 Å². The van der Waals surface area contributed by atoms with Gasteiger partial charge < -0.3 is 9.47 Å². The fourth-order valence-electron chi connectivity index (χ4n) is 4.38. The van der Waals surface area contributed by atoms with Gasteiger partial charge in [0.15, 0.2) is 0 Å². The van der Waals surface area contributed by atoms with Gasteiger partial charge in [0, 0.05) is 0 Å². The maximum atomic E-state index is 6.38. The molecule has 0 N–H and O–H groups in total. The number of hydrogen-bond acceptors (Lipinski definition) is 2. The van der Waals surface area contributed by atoms with E-state index in [9.17, 15) is 0 Å². The molecule has 0 spiro atoms. The Morgan fingerprint density at radius 2 is 1.33 bits per heavy atom. The maximum absolute atomic E-state index is 6.38. The molecule has 2 fully saturated rings. The van der Waals surface area contributed by atoms with Gasteiger partial charge in [0.05, 0.1) is 24.0 Å². The fraction of sp³-hybridized carbons (Fsp3) is 0.750. The van der Waals surface area contributed by atoms with E-state index in [4.69, 9.17) is 9.47 Å². The van der Waals surface area contributed by atoms with E-state index in [0.29, 0.717) is 24.0 Å². The van der Waals surface area contributed by atoms with Gasteiger partial charge in [-0.15, -0.1) is 0 Å². The molecule has 2 nitrogen and oxygen atoms in total. The summed E-state index contributed by atoms with van der Waals surface area (Å²) in [7, 11) is 0. The van der Waals surface area contributed by atoms with Gasteiger partial charge >= 0.3 is 0 Å². The first-order chi connectivity index (χ1) is 8.35. The van der Waals surface area contributed by atoms with Crippen molar-refractivity contribution in [2.24, 2.45) is 22.7 Å². The Hall–Kier alpha value is -0.760. The molecular formula is C16H22O2. The summed E-state index contributed by atoms with van der Waals surface area (Å²) in [6.45, 7) is 9.12. The number of hydrogen-bond donors (Lipinski definition) is 0. The highest BCUT2D eigenvalue weighted by Gasteiger charge is 2.59.